The summed E-state index contributed by atoms with van der Waals surface area (Å²) in [5.41, 5.74) is 0.567. The number of hydrogen-bond donors (Lipinski definition) is 1. The lowest BCUT2D eigenvalue weighted by Gasteiger charge is -2.45. The van der Waals surface area contributed by atoms with Gasteiger partial charge in [0.2, 0.25) is 5.91 Å². The molecule has 0 aromatic heterocycles. The predicted octanol–water partition coefficient (Wildman–Crippen LogP) is 3.31. The summed E-state index contributed by atoms with van der Waals surface area (Å²) in [6.45, 7) is 12.2. The Hall–Kier alpha value is -1.44. The molecule has 2 saturated heterocycles. The van der Waals surface area contributed by atoms with Crippen LogP contribution < -0.4 is 5.32 Å². The fourth-order valence-electron chi connectivity index (χ4n) is 4.35. The standard InChI is InChI=1S/C23H34BrN3O3/c1-16-13-27(14-17(2)30-16)23(3,4)15-25-21(28)18-9-11-26(12-10-18)22(29)19-5-7-20(24)8-6-19/h5-8,16-18H,9-15H2,1-4H3,(H,25,28)/t16-,17+. The molecule has 2 heterocycles. The Morgan fingerprint density at radius 3 is 2.23 bits per heavy atom. The van der Waals surface area contributed by atoms with E-state index < -0.39 is 0 Å². The van der Waals surface area contributed by atoms with Crippen molar-refractivity contribution >= 4 is 27.7 Å². The number of benzene rings is 1. The van der Waals surface area contributed by atoms with Crippen LogP contribution >= 0.6 is 15.9 Å². The Morgan fingerprint density at radius 1 is 1.10 bits per heavy atom. The first-order valence-corrected chi connectivity index (χ1v) is 11.7. The van der Waals surface area contributed by atoms with Crippen LogP contribution in [0.15, 0.2) is 28.7 Å². The lowest BCUT2D eigenvalue weighted by atomic mass is 9.94. The molecule has 0 aliphatic carbocycles. The minimum absolute atomic E-state index is 0.0303. The molecule has 0 radical (unpaired) electrons. The molecule has 7 heteroatoms. The first-order valence-electron chi connectivity index (χ1n) is 10.9. The van der Waals surface area contributed by atoms with E-state index in [1.54, 1.807) is 0 Å². The van der Waals surface area contributed by atoms with E-state index in [9.17, 15) is 9.59 Å². The molecule has 2 atom stereocenters. The van der Waals surface area contributed by atoms with Gasteiger partial charge in [0, 0.05) is 54.2 Å². The van der Waals surface area contributed by atoms with Gasteiger partial charge in [-0.25, -0.2) is 0 Å². The number of ether oxygens (including phenoxy) is 1. The summed E-state index contributed by atoms with van der Waals surface area (Å²) in [6.07, 6.45) is 1.83. The number of piperidine rings is 1. The molecule has 1 aromatic rings. The van der Waals surface area contributed by atoms with Gasteiger partial charge in [0.05, 0.1) is 12.2 Å². The van der Waals surface area contributed by atoms with E-state index in [1.165, 1.54) is 0 Å². The lowest BCUT2D eigenvalue weighted by molar-refractivity contribution is -0.128. The van der Waals surface area contributed by atoms with Crippen molar-refractivity contribution in [2.45, 2.75) is 58.3 Å². The van der Waals surface area contributed by atoms with Crippen molar-refractivity contribution in [3.63, 3.8) is 0 Å². The summed E-state index contributed by atoms with van der Waals surface area (Å²) in [5, 5.41) is 3.17. The molecule has 1 aromatic carbocycles. The molecule has 2 aliphatic heterocycles. The van der Waals surface area contributed by atoms with Crippen molar-refractivity contribution in [3.05, 3.63) is 34.3 Å². The molecule has 2 aliphatic rings. The first kappa shape index (κ1) is 23.2. The van der Waals surface area contributed by atoms with Crippen molar-refractivity contribution in [2.24, 2.45) is 5.92 Å². The molecule has 2 fully saturated rings. The van der Waals surface area contributed by atoms with E-state index in [1.807, 2.05) is 29.2 Å². The Labute approximate surface area is 188 Å². The van der Waals surface area contributed by atoms with Gasteiger partial charge >= 0.3 is 0 Å². The van der Waals surface area contributed by atoms with Crippen LogP contribution in [0, 0.1) is 5.92 Å². The number of amides is 2. The third-order valence-corrected chi connectivity index (χ3v) is 6.74. The van der Waals surface area contributed by atoms with Crippen molar-refractivity contribution < 1.29 is 14.3 Å². The maximum atomic E-state index is 12.8. The molecule has 2 amide bonds. The van der Waals surface area contributed by atoms with Crippen LogP contribution in [0.3, 0.4) is 0 Å². The zero-order chi connectivity index (χ0) is 21.9. The van der Waals surface area contributed by atoms with Gasteiger partial charge in [-0.15, -0.1) is 0 Å². The fourth-order valence-corrected chi connectivity index (χ4v) is 4.62. The van der Waals surface area contributed by atoms with Crippen LogP contribution in [0.1, 0.15) is 50.9 Å². The highest BCUT2D eigenvalue weighted by Gasteiger charge is 2.34. The number of carbonyl (C=O) groups is 2. The fraction of sp³-hybridized carbons (Fsp3) is 0.652. The van der Waals surface area contributed by atoms with Gasteiger partial charge in [0.15, 0.2) is 0 Å². The van der Waals surface area contributed by atoms with E-state index in [4.69, 9.17) is 4.74 Å². The summed E-state index contributed by atoms with van der Waals surface area (Å²) in [4.78, 5) is 29.7. The van der Waals surface area contributed by atoms with Gasteiger partial charge in [-0.05, 0) is 64.8 Å². The van der Waals surface area contributed by atoms with Crippen molar-refractivity contribution in [2.75, 3.05) is 32.7 Å². The molecule has 3 rings (SSSR count). The van der Waals surface area contributed by atoms with Crippen molar-refractivity contribution in [1.29, 1.82) is 0 Å². The summed E-state index contributed by atoms with van der Waals surface area (Å²) in [5.74, 6) is 0.114. The number of rotatable bonds is 5. The zero-order valence-electron chi connectivity index (χ0n) is 18.5. The molecular formula is C23H34BrN3O3. The minimum atomic E-state index is -0.125. The zero-order valence-corrected chi connectivity index (χ0v) is 20.1. The highest BCUT2D eigenvalue weighted by molar-refractivity contribution is 9.10. The highest BCUT2D eigenvalue weighted by Crippen LogP contribution is 2.23. The SMILES string of the molecule is C[C@@H]1CN(C(C)(C)CNC(=O)C2CCN(C(=O)c3ccc(Br)cc3)CC2)C[C@H](C)O1. The number of nitrogens with one attached hydrogen (secondary N) is 1. The lowest BCUT2D eigenvalue weighted by Crippen LogP contribution is -2.59. The van der Waals surface area contributed by atoms with Crippen LogP contribution in [-0.2, 0) is 9.53 Å². The number of halogens is 1. The second kappa shape index (κ2) is 9.79. The molecule has 0 spiro atoms. The van der Waals surface area contributed by atoms with Gasteiger partial charge in [-0.1, -0.05) is 15.9 Å². The van der Waals surface area contributed by atoms with Crippen LogP contribution in [0.4, 0.5) is 0 Å². The largest absolute Gasteiger partial charge is 0.373 e. The average Bonchev–Trinajstić information content (AvgIpc) is 2.71. The normalized spacial score (nSPS) is 24.0. The molecule has 30 heavy (non-hydrogen) atoms. The van der Waals surface area contributed by atoms with Crippen LogP contribution in [-0.4, -0.2) is 72.1 Å². The molecular weight excluding hydrogens is 446 g/mol. The van der Waals surface area contributed by atoms with E-state index in [2.05, 4.69) is 53.8 Å². The van der Waals surface area contributed by atoms with E-state index in [0.29, 0.717) is 38.0 Å². The molecule has 0 unspecified atom stereocenters. The summed E-state index contributed by atoms with van der Waals surface area (Å²) < 4.78 is 6.79. The Kier molecular flexibility index (Phi) is 7.58. The molecule has 6 nitrogen and oxygen atoms in total. The third-order valence-electron chi connectivity index (χ3n) is 6.22. The Morgan fingerprint density at radius 2 is 1.67 bits per heavy atom. The third kappa shape index (κ3) is 5.83. The smallest absolute Gasteiger partial charge is 0.253 e. The maximum absolute atomic E-state index is 12.8. The van der Waals surface area contributed by atoms with Crippen LogP contribution in [0.2, 0.25) is 0 Å². The van der Waals surface area contributed by atoms with Gasteiger partial charge < -0.3 is 15.0 Å². The summed E-state index contributed by atoms with van der Waals surface area (Å²) in [6, 6.07) is 7.43. The van der Waals surface area contributed by atoms with Gasteiger partial charge in [-0.3, -0.25) is 14.5 Å². The van der Waals surface area contributed by atoms with Crippen LogP contribution in [0.5, 0.6) is 0 Å². The molecule has 0 bridgehead atoms. The predicted molar refractivity (Wildman–Crippen MR) is 121 cm³/mol. The average molecular weight is 480 g/mol. The number of hydrogen-bond acceptors (Lipinski definition) is 4. The van der Waals surface area contributed by atoms with E-state index >= 15 is 0 Å². The molecule has 1 N–H and O–H groups in total. The quantitative estimate of drug-likeness (QED) is 0.703. The topological polar surface area (TPSA) is 61.9 Å². The molecule has 166 valence electrons. The first-order chi connectivity index (χ1) is 14.2. The van der Waals surface area contributed by atoms with Gasteiger partial charge in [0.25, 0.3) is 5.91 Å². The maximum Gasteiger partial charge on any atom is 0.253 e. The Balaban J connectivity index is 1.47. The molecule has 0 saturated carbocycles. The monoisotopic (exact) mass is 479 g/mol. The van der Waals surface area contributed by atoms with Crippen molar-refractivity contribution in [3.8, 4) is 0 Å². The second-order valence-electron chi connectivity index (χ2n) is 9.27. The van der Waals surface area contributed by atoms with Gasteiger partial charge in [0.1, 0.15) is 0 Å². The number of nitrogens with zero attached hydrogens (tertiary/aromatic N) is 2. The highest BCUT2D eigenvalue weighted by atomic mass is 79.9. The van der Waals surface area contributed by atoms with E-state index in [-0.39, 0.29) is 35.5 Å². The summed E-state index contributed by atoms with van der Waals surface area (Å²) >= 11 is 3.40. The van der Waals surface area contributed by atoms with Gasteiger partial charge in [-0.2, -0.15) is 0 Å². The van der Waals surface area contributed by atoms with Crippen LogP contribution in [0.25, 0.3) is 0 Å². The Bertz CT molecular complexity index is 735. The number of likely N-dealkylation sites (tertiary alicyclic amines) is 1. The minimum Gasteiger partial charge on any atom is -0.373 e. The van der Waals surface area contributed by atoms with Crippen molar-refractivity contribution in [1.82, 2.24) is 15.1 Å². The van der Waals surface area contributed by atoms with E-state index in [0.717, 1.165) is 17.6 Å². The second-order valence-corrected chi connectivity index (χ2v) is 10.2. The number of morpholine rings is 1. The summed E-state index contributed by atoms with van der Waals surface area (Å²) in [7, 11) is 0. The number of carbonyl (C=O) groups excluding carboxylic acids is 2.